The molecule has 5 nitrogen and oxygen atoms in total. The van der Waals surface area contributed by atoms with Crippen LogP contribution in [0.5, 0.6) is 0 Å². The number of nitrogens with zero attached hydrogens (tertiary/aromatic N) is 2. The zero-order valence-electron chi connectivity index (χ0n) is 9.97. The van der Waals surface area contributed by atoms with Crippen molar-refractivity contribution >= 4 is 11.8 Å². The van der Waals surface area contributed by atoms with Gasteiger partial charge in [-0.3, -0.25) is 4.79 Å². The lowest BCUT2D eigenvalue weighted by molar-refractivity contribution is -0.143. The first kappa shape index (κ1) is 12.4. The van der Waals surface area contributed by atoms with Gasteiger partial charge in [0.05, 0.1) is 11.5 Å². The summed E-state index contributed by atoms with van der Waals surface area (Å²) in [5.41, 5.74) is 0.499. The van der Waals surface area contributed by atoms with Crippen molar-refractivity contribution in [2.75, 3.05) is 5.32 Å². The van der Waals surface area contributed by atoms with E-state index in [-0.39, 0.29) is 12.0 Å². The monoisotopic (exact) mass is 245 g/mol. The Bertz CT molecular complexity index is 464. The average Bonchev–Trinajstić information content (AvgIpc) is 2.40. The van der Waals surface area contributed by atoms with Gasteiger partial charge >= 0.3 is 5.97 Å². The van der Waals surface area contributed by atoms with Crippen LogP contribution < -0.4 is 5.32 Å². The second-order valence-corrected chi connectivity index (χ2v) is 4.52. The van der Waals surface area contributed by atoms with Crippen molar-refractivity contribution in [2.24, 2.45) is 5.92 Å². The van der Waals surface area contributed by atoms with Crippen molar-refractivity contribution in [3.8, 4) is 6.07 Å². The Morgan fingerprint density at radius 1 is 1.44 bits per heavy atom. The average molecular weight is 245 g/mol. The van der Waals surface area contributed by atoms with Crippen LogP contribution in [0.15, 0.2) is 18.3 Å². The van der Waals surface area contributed by atoms with Crippen LogP contribution in [0, 0.1) is 17.2 Å². The fourth-order valence-electron chi connectivity index (χ4n) is 2.33. The van der Waals surface area contributed by atoms with Gasteiger partial charge in [0, 0.05) is 12.2 Å². The predicted molar refractivity (Wildman–Crippen MR) is 66.0 cm³/mol. The molecule has 1 aliphatic rings. The number of carboxylic acid groups (broad SMARTS) is 1. The lowest BCUT2D eigenvalue weighted by atomic mass is 9.84. The highest BCUT2D eigenvalue weighted by molar-refractivity contribution is 5.71. The molecule has 5 heteroatoms. The van der Waals surface area contributed by atoms with E-state index >= 15 is 0 Å². The molecule has 2 N–H and O–H groups in total. The number of nitriles is 1. The van der Waals surface area contributed by atoms with E-state index in [1.54, 1.807) is 12.1 Å². The molecule has 0 saturated heterocycles. The smallest absolute Gasteiger partial charge is 0.308 e. The molecule has 1 heterocycles. The molecule has 18 heavy (non-hydrogen) atoms. The van der Waals surface area contributed by atoms with Gasteiger partial charge in [0.1, 0.15) is 11.9 Å². The summed E-state index contributed by atoms with van der Waals surface area (Å²) in [5, 5.41) is 21.0. The third-order valence-corrected chi connectivity index (χ3v) is 3.31. The summed E-state index contributed by atoms with van der Waals surface area (Å²) in [6, 6.07) is 5.32. The first-order valence-corrected chi connectivity index (χ1v) is 6.06. The lowest BCUT2D eigenvalue weighted by Crippen LogP contribution is -2.37. The zero-order valence-corrected chi connectivity index (χ0v) is 9.97. The minimum atomic E-state index is -0.749. The van der Waals surface area contributed by atoms with Crippen LogP contribution in [-0.4, -0.2) is 22.1 Å². The Morgan fingerprint density at radius 3 is 2.83 bits per heavy atom. The van der Waals surface area contributed by atoms with E-state index in [4.69, 9.17) is 10.4 Å². The van der Waals surface area contributed by atoms with Crippen molar-refractivity contribution < 1.29 is 9.90 Å². The first-order chi connectivity index (χ1) is 8.70. The van der Waals surface area contributed by atoms with Gasteiger partial charge in [-0.15, -0.1) is 0 Å². The Hall–Kier alpha value is -2.09. The van der Waals surface area contributed by atoms with Gasteiger partial charge in [-0.2, -0.15) is 5.26 Å². The van der Waals surface area contributed by atoms with Crippen LogP contribution >= 0.6 is 0 Å². The molecule has 1 saturated carbocycles. The molecule has 0 radical (unpaired) electrons. The number of carboxylic acids is 1. The Labute approximate surface area is 105 Å². The highest BCUT2D eigenvalue weighted by atomic mass is 16.4. The summed E-state index contributed by atoms with van der Waals surface area (Å²) in [4.78, 5) is 15.3. The van der Waals surface area contributed by atoms with E-state index < -0.39 is 5.97 Å². The molecule has 0 aromatic carbocycles. The maximum Gasteiger partial charge on any atom is 0.308 e. The fraction of sp³-hybridized carbons (Fsp3) is 0.462. The van der Waals surface area contributed by atoms with Crippen molar-refractivity contribution in [1.29, 1.82) is 5.26 Å². The minimum Gasteiger partial charge on any atom is -0.481 e. The maximum absolute atomic E-state index is 11.2. The molecule has 1 aliphatic carbocycles. The largest absolute Gasteiger partial charge is 0.481 e. The summed E-state index contributed by atoms with van der Waals surface area (Å²) in [5.74, 6) is -0.468. The quantitative estimate of drug-likeness (QED) is 0.850. The summed E-state index contributed by atoms with van der Waals surface area (Å²) in [6.07, 6.45) is 5.05. The molecule has 2 rings (SSSR count). The third-order valence-electron chi connectivity index (χ3n) is 3.31. The number of anilines is 1. The molecule has 0 spiro atoms. The normalized spacial score (nSPS) is 23.1. The number of nitrogens with one attached hydrogen (secondary N) is 1. The van der Waals surface area contributed by atoms with Crippen LogP contribution in [0.3, 0.4) is 0 Å². The summed E-state index contributed by atoms with van der Waals surface area (Å²) in [6.45, 7) is 0. The first-order valence-electron chi connectivity index (χ1n) is 6.06. The molecule has 94 valence electrons. The molecule has 1 aromatic rings. The molecular weight excluding hydrogens is 230 g/mol. The SMILES string of the molecule is N#Cc1ccc(NC2CCCCC2C(=O)O)nc1. The lowest BCUT2D eigenvalue weighted by Gasteiger charge is -2.29. The van der Waals surface area contributed by atoms with Crippen LogP contribution in [0.2, 0.25) is 0 Å². The van der Waals surface area contributed by atoms with Gasteiger partial charge in [0.15, 0.2) is 0 Å². The summed E-state index contributed by atoms with van der Waals surface area (Å²) >= 11 is 0. The third kappa shape index (κ3) is 2.77. The van der Waals surface area contributed by atoms with Gasteiger partial charge in [-0.1, -0.05) is 12.8 Å². The van der Waals surface area contributed by atoms with Crippen molar-refractivity contribution in [3.05, 3.63) is 23.9 Å². The number of hydrogen-bond acceptors (Lipinski definition) is 4. The van der Waals surface area contributed by atoms with Crippen LogP contribution in [0.4, 0.5) is 5.82 Å². The molecule has 2 unspecified atom stereocenters. The van der Waals surface area contributed by atoms with E-state index in [1.165, 1.54) is 6.20 Å². The van der Waals surface area contributed by atoms with E-state index in [1.807, 2.05) is 6.07 Å². The van der Waals surface area contributed by atoms with Crippen LogP contribution in [-0.2, 0) is 4.79 Å². The number of hydrogen-bond donors (Lipinski definition) is 2. The van der Waals surface area contributed by atoms with Crippen molar-refractivity contribution in [2.45, 2.75) is 31.7 Å². The maximum atomic E-state index is 11.2. The number of rotatable bonds is 3. The van der Waals surface area contributed by atoms with E-state index in [0.717, 1.165) is 19.3 Å². The second-order valence-electron chi connectivity index (χ2n) is 4.52. The van der Waals surface area contributed by atoms with Gasteiger partial charge in [-0.25, -0.2) is 4.98 Å². The van der Waals surface area contributed by atoms with Gasteiger partial charge in [0.2, 0.25) is 0 Å². The summed E-state index contributed by atoms with van der Waals surface area (Å²) in [7, 11) is 0. The molecule has 0 bridgehead atoms. The number of aliphatic carboxylic acids is 1. The van der Waals surface area contributed by atoms with E-state index in [9.17, 15) is 4.79 Å². The Kier molecular flexibility index (Phi) is 3.78. The topological polar surface area (TPSA) is 86.0 Å². The summed E-state index contributed by atoms with van der Waals surface area (Å²) < 4.78 is 0. The second kappa shape index (κ2) is 5.50. The minimum absolute atomic E-state index is 0.0725. The Morgan fingerprint density at radius 2 is 2.22 bits per heavy atom. The van der Waals surface area contributed by atoms with Crippen molar-refractivity contribution in [1.82, 2.24) is 4.98 Å². The zero-order chi connectivity index (χ0) is 13.0. The number of pyridine rings is 1. The standard InChI is InChI=1S/C13H15N3O2/c14-7-9-5-6-12(15-8-9)16-11-4-2-1-3-10(11)13(17)18/h5-6,8,10-11H,1-4H2,(H,15,16)(H,17,18). The number of carbonyl (C=O) groups is 1. The molecule has 2 atom stereocenters. The highest BCUT2D eigenvalue weighted by Crippen LogP contribution is 2.27. The van der Waals surface area contributed by atoms with Gasteiger partial charge in [0.25, 0.3) is 0 Å². The molecule has 1 fully saturated rings. The predicted octanol–water partition coefficient (Wildman–Crippen LogP) is 2.01. The van der Waals surface area contributed by atoms with Crippen LogP contribution in [0.25, 0.3) is 0 Å². The highest BCUT2D eigenvalue weighted by Gasteiger charge is 2.30. The molecule has 0 aliphatic heterocycles. The van der Waals surface area contributed by atoms with Gasteiger partial charge < -0.3 is 10.4 Å². The van der Waals surface area contributed by atoms with E-state index in [0.29, 0.717) is 17.8 Å². The fourth-order valence-corrected chi connectivity index (χ4v) is 2.33. The van der Waals surface area contributed by atoms with Gasteiger partial charge in [-0.05, 0) is 25.0 Å². The number of aromatic nitrogens is 1. The molecule has 1 aromatic heterocycles. The van der Waals surface area contributed by atoms with Crippen molar-refractivity contribution in [3.63, 3.8) is 0 Å². The van der Waals surface area contributed by atoms with E-state index in [2.05, 4.69) is 10.3 Å². The molecule has 0 amide bonds. The van der Waals surface area contributed by atoms with Crippen LogP contribution in [0.1, 0.15) is 31.2 Å². The Balaban J connectivity index is 2.06. The molecular formula is C13H15N3O2.